The second-order valence-electron chi connectivity index (χ2n) is 6.04. The van der Waals surface area contributed by atoms with E-state index in [1.165, 1.54) is 25.8 Å². The topological polar surface area (TPSA) is 53.6 Å². The Balaban J connectivity index is 1.72. The molecular weight excluding hydrogens is 224 g/mol. The van der Waals surface area contributed by atoms with Crippen molar-refractivity contribution in [3.05, 3.63) is 0 Å². The molecule has 18 heavy (non-hydrogen) atoms. The van der Waals surface area contributed by atoms with Crippen LogP contribution in [-0.4, -0.2) is 42.6 Å². The van der Waals surface area contributed by atoms with E-state index >= 15 is 0 Å². The summed E-state index contributed by atoms with van der Waals surface area (Å²) >= 11 is 0. The van der Waals surface area contributed by atoms with E-state index in [2.05, 4.69) is 36.0 Å². The molecule has 2 rings (SSSR count). The molecule has 4 heteroatoms. The predicted molar refractivity (Wildman–Crippen MR) is 76.6 cm³/mol. The summed E-state index contributed by atoms with van der Waals surface area (Å²) < 4.78 is 0. The molecule has 2 fully saturated rings. The van der Waals surface area contributed by atoms with Crippen molar-refractivity contribution in [2.45, 2.75) is 52.1 Å². The van der Waals surface area contributed by atoms with Crippen LogP contribution in [0.4, 0.5) is 0 Å². The van der Waals surface area contributed by atoms with Crippen molar-refractivity contribution < 1.29 is 0 Å². The molecule has 4 nitrogen and oxygen atoms in total. The molecule has 104 valence electrons. The largest absolute Gasteiger partial charge is 0.370 e. The molecule has 2 aliphatic rings. The number of likely N-dealkylation sites (N-methyl/N-ethyl adjacent to an activating group) is 1. The molecule has 3 N–H and O–H groups in total. The van der Waals surface area contributed by atoms with E-state index in [0.717, 1.165) is 24.9 Å². The number of hydrogen-bond donors (Lipinski definition) is 2. The fraction of sp³-hybridized carbons (Fsp3) is 0.929. The maximum Gasteiger partial charge on any atom is 0.188 e. The van der Waals surface area contributed by atoms with Crippen LogP contribution in [-0.2, 0) is 0 Å². The summed E-state index contributed by atoms with van der Waals surface area (Å²) in [6.45, 7) is 9.98. The first-order chi connectivity index (χ1) is 8.61. The first kappa shape index (κ1) is 13.7. The van der Waals surface area contributed by atoms with Crippen LogP contribution in [0.25, 0.3) is 0 Å². The minimum Gasteiger partial charge on any atom is -0.370 e. The van der Waals surface area contributed by atoms with Crippen LogP contribution < -0.4 is 11.1 Å². The van der Waals surface area contributed by atoms with Gasteiger partial charge in [0.25, 0.3) is 0 Å². The Labute approximate surface area is 111 Å². The zero-order chi connectivity index (χ0) is 13.1. The van der Waals surface area contributed by atoms with Gasteiger partial charge in [-0.25, -0.2) is 0 Å². The molecular formula is C14H28N4. The summed E-state index contributed by atoms with van der Waals surface area (Å²) in [6.07, 6.45) is 3.82. The molecule has 1 aliphatic carbocycles. The molecule has 1 saturated carbocycles. The fourth-order valence-electron chi connectivity index (χ4n) is 3.07. The molecule has 0 aromatic rings. The fourth-order valence-corrected chi connectivity index (χ4v) is 3.07. The van der Waals surface area contributed by atoms with E-state index in [1.807, 2.05) is 0 Å². The third-order valence-corrected chi connectivity index (χ3v) is 4.41. The first-order valence-electron chi connectivity index (χ1n) is 7.42. The van der Waals surface area contributed by atoms with Gasteiger partial charge < -0.3 is 11.1 Å². The van der Waals surface area contributed by atoms with Crippen LogP contribution in [0.2, 0.25) is 0 Å². The lowest BCUT2D eigenvalue weighted by atomic mass is 10.1. The lowest BCUT2D eigenvalue weighted by Crippen LogP contribution is -2.37. The van der Waals surface area contributed by atoms with Gasteiger partial charge in [-0.15, -0.1) is 0 Å². The van der Waals surface area contributed by atoms with Crippen LogP contribution >= 0.6 is 0 Å². The Morgan fingerprint density at radius 3 is 2.89 bits per heavy atom. The van der Waals surface area contributed by atoms with Crippen LogP contribution in [0.5, 0.6) is 0 Å². The standard InChI is InChI=1S/C14H28N4/c1-4-18-7-5-6-11(18)9-16-14(15)17-13-8-12(13)10(2)3/h10-13H,4-9H2,1-3H3,(H3,15,16,17)/t11?,12-,13+/m0/s1. The average molecular weight is 252 g/mol. The molecule has 3 atom stereocenters. The predicted octanol–water partition coefficient (Wildman–Crippen LogP) is 1.42. The molecule has 1 heterocycles. The van der Waals surface area contributed by atoms with Crippen LogP contribution in [0.1, 0.15) is 40.0 Å². The third kappa shape index (κ3) is 3.37. The minimum absolute atomic E-state index is 0.569. The zero-order valence-electron chi connectivity index (χ0n) is 12.0. The molecule has 0 aromatic carbocycles. The van der Waals surface area contributed by atoms with E-state index < -0.39 is 0 Å². The smallest absolute Gasteiger partial charge is 0.188 e. The molecule has 0 radical (unpaired) electrons. The summed E-state index contributed by atoms with van der Waals surface area (Å²) in [5, 5.41) is 3.35. The van der Waals surface area contributed by atoms with Crippen LogP contribution in [0.15, 0.2) is 4.99 Å². The zero-order valence-corrected chi connectivity index (χ0v) is 12.0. The maximum absolute atomic E-state index is 5.96. The van der Waals surface area contributed by atoms with Gasteiger partial charge in [0.15, 0.2) is 5.96 Å². The lowest BCUT2D eigenvalue weighted by molar-refractivity contribution is 0.273. The van der Waals surface area contributed by atoms with Crippen molar-refractivity contribution >= 4 is 5.96 Å². The number of nitrogens with one attached hydrogen (secondary N) is 1. The van der Waals surface area contributed by atoms with Gasteiger partial charge in [-0.3, -0.25) is 9.89 Å². The number of hydrogen-bond acceptors (Lipinski definition) is 2. The van der Waals surface area contributed by atoms with Crippen LogP contribution in [0.3, 0.4) is 0 Å². The van der Waals surface area contributed by atoms with Gasteiger partial charge in [-0.2, -0.15) is 0 Å². The highest BCUT2D eigenvalue weighted by atomic mass is 15.2. The quantitative estimate of drug-likeness (QED) is 0.575. The number of nitrogens with zero attached hydrogens (tertiary/aromatic N) is 2. The monoisotopic (exact) mass is 252 g/mol. The Kier molecular flexibility index (Phi) is 4.49. The van der Waals surface area contributed by atoms with E-state index in [1.54, 1.807) is 0 Å². The van der Waals surface area contributed by atoms with Crippen LogP contribution in [0, 0.1) is 11.8 Å². The summed E-state index contributed by atoms with van der Waals surface area (Å²) in [5.74, 6) is 2.18. The van der Waals surface area contributed by atoms with Gasteiger partial charge in [0.05, 0.1) is 6.54 Å². The second kappa shape index (κ2) is 5.91. The lowest BCUT2D eigenvalue weighted by Gasteiger charge is -2.21. The molecule has 1 saturated heterocycles. The Hall–Kier alpha value is -0.770. The molecule has 1 aliphatic heterocycles. The van der Waals surface area contributed by atoms with Crippen molar-refractivity contribution in [2.24, 2.45) is 22.6 Å². The van der Waals surface area contributed by atoms with Crippen molar-refractivity contribution in [1.82, 2.24) is 10.2 Å². The third-order valence-electron chi connectivity index (χ3n) is 4.41. The molecule has 0 bridgehead atoms. The molecule has 0 aromatic heterocycles. The van der Waals surface area contributed by atoms with Crippen molar-refractivity contribution in [1.29, 1.82) is 0 Å². The highest BCUT2D eigenvalue weighted by Crippen LogP contribution is 2.36. The Bertz CT molecular complexity index is 300. The second-order valence-corrected chi connectivity index (χ2v) is 6.04. The van der Waals surface area contributed by atoms with Gasteiger partial charge in [-0.1, -0.05) is 20.8 Å². The Morgan fingerprint density at radius 2 is 2.28 bits per heavy atom. The molecule has 1 unspecified atom stereocenters. The normalized spacial score (nSPS) is 33.1. The Morgan fingerprint density at radius 1 is 1.50 bits per heavy atom. The SMILES string of the molecule is CCN1CCCC1CN=C(N)N[C@@H]1C[C@H]1C(C)C. The van der Waals surface area contributed by atoms with E-state index in [4.69, 9.17) is 5.73 Å². The molecule has 0 amide bonds. The number of aliphatic imine (C=N–C) groups is 1. The first-order valence-corrected chi connectivity index (χ1v) is 7.42. The summed E-state index contributed by atoms with van der Waals surface area (Å²) in [4.78, 5) is 7.02. The number of guanidine groups is 1. The van der Waals surface area contributed by atoms with Gasteiger partial charge in [0, 0.05) is 12.1 Å². The molecule has 0 spiro atoms. The van der Waals surface area contributed by atoms with Gasteiger partial charge in [0.2, 0.25) is 0 Å². The van der Waals surface area contributed by atoms with Gasteiger partial charge in [-0.05, 0) is 44.2 Å². The summed E-state index contributed by atoms with van der Waals surface area (Å²) in [7, 11) is 0. The summed E-state index contributed by atoms with van der Waals surface area (Å²) in [5.41, 5.74) is 5.96. The van der Waals surface area contributed by atoms with E-state index in [0.29, 0.717) is 18.0 Å². The highest BCUT2D eigenvalue weighted by Gasteiger charge is 2.39. The summed E-state index contributed by atoms with van der Waals surface area (Å²) in [6, 6.07) is 1.18. The van der Waals surface area contributed by atoms with Gasteiger partial charge >= 0.3 is 0 Å². The van der Waals surface area contributed by atoms with Crippen molar-refractivity contribution in [3.63, 3.8) is 0 Å². The average Bonchev–Trinajstić information content (AvgIpc) is 2.95. The number of likely N-dealkylation sites (tertiary alicyclic amines) is 1. The maximum atomic E-state index is 5.96. The van der Waals surface area contributed by atoms with E-state index in [-0.39, 0.29) is 0 Å². The highest BCUT2D eigenvalue weighted by molar-refractivity contribution is 5.78. The van der Waals surface area contributed by atoms with Crippen molar-refractivity contribution in [3.8, 4) is 0 Å². The van der Waals surface area contributed by atoms with E-state index in [9.17, 15) is 0 Å². The number of nitrogens with two attached hydrogens (primary N) is 1. The number of rotatable bonds is 5. The van der Waals surface area contributed by atoms with Gasteiger partial charge in [0.1, 0.15) is 0 Å². The van der Waals surface area contributed by atoms with Crippen molar-refractivity contribution in [2.75, 3.05) is 19.6 Å². The minimum atomic E-state index is 0.569.